The second-order valence-electron chi connectivity index (χ2n) is 5.03. The third kappa shape index (κ3) is 3.06. The lowest BCUT2D eigenvalue weighted by Gasteiger charge is -2.13. The maximum Gasteiger partial charge on any atom is 0.0831 e. The first-order valence-corrected chi connectivity index (χ1v) is 7.50. The third-order valence-corrected chi connectivity index (χ3v) is 4.36. The fourth-order valence-corrected chi connectivity index (χ4v) is 2.82. The molecule has 1 atom stereocenters. The number of hydrogen-bond donors (Lipinski definition) is 1. The Bertz CT molecular complexity index is 778. The van der Waals surface area contributed by atoms with Crippen LogP contribution in [0.5, 0.6) is 0 Å². The first kappa shape index (κ1) is 14.4. The van der Waals surface area contributed by atoms with Crippen molar-refractivity contribution in [2.75, 3.05) is 0 Å². The molecule has 1 nitrogen and oxygen atoms in total. The molecule has 3 rings (SSSR count). The fourth-order valence-electron chi connectivity index (χ4n) is 2.52. The average molecular weight is 317 g/mol. The van der Waals surface area contributed by atoms with Gasteiger partial charge in [-0.1, -0.05) is 71.7 Å². The highest BCUT2D eigenvalue weighted by atomic mass is 35.5. The lowest BCUT2D eigenvalue weighted by atomic mass is 9.97. The third-order valence-electron chi connectivity index (χ3n) is 3.62. The summed E-state index contributed by atoms with van der Waals surface area (Å²) in [5.41, 5.74) is 1.89. The summed E-state index contributed by atoms with van der Waals surface area (Å²) in [4.78, 5) is 0. The Hall–Kier alpha value is -1.54. The lowest BCUT2D eigenvalue weighted by Crippen LogP contribution is -2.02. The topological polar surface area (TPSA) is 20.2 Å². The SMILES string of the molecule is OC(Cc1cccc2ccccc12)c1ccc(Cl)c(Cl)c1. The van der Waals surface area contributed by atoms with Gasteiger partial charge in [0.05, 0.1) is 16.1 Å². The van der Waals surface area contributed by atoms with Crippen molar-refractivity contribution in [3.8, 4) is 0 Å². The summed E-state index contributed by atoms with van der Waals surface area (Å²) in [6.45, 7) is 0. The number of fused-ring (bicyclic) bond motifs is 1. The van der Waals surface area contributed by atoms with Gasteiger partial charge in [0.1, 0.15) is 0 Å². The van der Waals surface area contributed by atoms with E-state index >= 15 is 0 Å². The van der Waals surface area contributed by atoms with E-state index in [0.717, 1.165) is 11.1 Å². The summed E-state index contributed by atoms with van der Waals surface area (Å²) in [7, 11) is 0. The minimum absolute atomic E-state index is 0.464. The van der Waals surface area contributed by atoms with E-state index in [0.29, 0.717) is 16.5 Å². The largest absolute Gasteiger partial charge is 0.388 e. The Morgan fingerprint density at radius 1 is 0.857 bits per heavy atom. The molecule has 106 valence electrons. The molecule has 1 N–H and O–H groups in total. The molecule has 0 bridgehead atoms. The zero-order chi connectivity index (χ0) is 14.8. The normalized spacial score (nSPS) is 12.5. The van der Waals surface area contributed by atoms with E-state index in [1.165, 1.54) is 10.8 Å². The Labute approximate surface area is 133 Å². The van der Waals surface area contributed by atoms with Crippen molar-refractivity contribution in [3.63, 3.8) is 0 Å². The Morgan fingerprint density at radius 2 is 1.62 bits per heavy atom. The predicted molar refractivity (Wildman–Crippen MR) is 89.1 cm³/mol. The van der Waals surface area contributed by atoms with Crippen molar-refractivity contribution in [2.45, 2.75) is 12.5 Å². The van der Waals surface area contributed by atoms with Crippen molar-refractivity contribution in [2.24, 2.45) is 0 Å². The number of hydrogen-bond acceptors (Lipinski definition) is 1. The van der Waals surface area contributed by atoms with E-state index in [-0.39, 0.29) is 0 Å². The van der Waals surface area contributed by atoms with E-state index in [2.05, 4.69) is 18.2 Å². The number of aliphatic hydroxyl groups excluding tert-OH is 1. The predicted octanol–water partition coefficient (Wildman–Crippen LogP) is 5.42. The van der Waals surface area contributed by atoms with Gasteiger partial charge in [-0.25, -0.2) is 0 Å². The number of halogens is 2. The molecule has 0 aromatic heterocycles. The molecule has 3 aromatic rings. The molecule has 3 heteroatoms. The zero-order valence-electron chi connectivity index (χ0n) is 11.3. The quantitative estimate of drug-likeness (QED) is 0.683. The van der Waals surface area contributed by atoms with Crippen LogP contribution < -0.4 is 0 Å². The summed E-state index contributed by atoms with van der Waals surface area (Å²) in [5.74, 6) is 0. The van der Waals surface area contributed by atoms with Crippen LogP contribution >= 0.6 is 23.2 Å². The van der Waals surface area contributed by atoms with Gasteiger partial charge >= 0.3 is 0 Å². The zero-order valence-corrected chi connectivity index (χ0v) is 12.8. The molecule has 0 heterocycles. The van der Waals surface area contributed by atoms with Crippen LogP contribution in [0, 0.1) is 0 Å². The fraction of sp³-hybridized carbons (Fsp3) is 0.111. The average Bonchev–Trinajstić information content (AvgIpc) is 2.50. The standard InChI is InChI=1S/C18H14Cl2O/c19-16-9-8-14(10-17(16)20)18(21)11-13-6-3-5-12-4-1-2-7-15(12)13/h1-10,18,21H,11H2. The van der Waals surface area contributed by atoms with Crippen molar-refractivity contribution in [1.82, 2.24) is 0 Å². The van der Waals surface area contributed by atoms with E-state index in [1.807, 2.05) is 30.3 Å². The second kappa shape index (κ2) is 6.07. The molecule has 0 saturated carbocycles. The lowest BCUT2D eigenvalue weighted by molar-refractivity contribution is 0.179. The molecule has 0 amide bonds. The van der Waals surface area contributed by atoms with Crippen LogP contribution in [-0.2, 0) is 6.42 Å². The molecule has 0 saturated heterocycles. The second-order valence-corrected chi connectivity index (χ2v) is 5.85. The smallest absolute Gasteiger partial charge is 0.0831 e. The highest BCUT2D eigenvalue weighted by molar-refractivity contribution is 6.42. The van der Waals surface area contributed by atoms with Gasteiger partial charge in [-0.2, -0.15) is 0 Å². The summed E-state index contributed by atoms with van der Waals surface area (Å²) in [5, 5.41) is 13.8. The Morgan fingerprint density at radius 3 is 2.43 bits per heavy atom. The van der Waals surface area contributed by atoms with E-state index in [4.69, 9.17) is 23.2 Å². The van der Waals surface area contributed by atoms with Gasteiger partial charge in [0.15, 0.2) is 0 Å². The molecule has 0 fully saturated rings. The van der Waals surface area contributed by atoms with Crippen molar-refractivity contribution < 1.29 is 5.11 Å². The van der Waals surface area contributed by atoms with Crippen LogP contribution in [0.3, 0.4) is 0 Å². The van der Waals surface area contributed by atoms with E-state index in [1.54, 1.807) is 12.1 Å². The minimum atomic E-state index is -0.606. The first-order valence-electron chi connectivity index (χ1n) is 6.75. The molecule has 3 aromatic carbocycles. The van der Waals surface area contributed by atoms with Gasteiger partial charge in [0.2, 0.25) is 0 Å². The molecule has 0 aliphatic rings. The first-order chi connectivity index (χ1) is 10.1. The van der Waals surface area contributed by atoms with Gasteiger partial charge in [-0.05, 0) is 34.0 Å². The van der Waals surface area contributed by atoms with Crippen LogP contribution in [0.15, 0.2) is 60.7 Å². The highest BCUT2D eigenvalue weighted by Crippen LogP contribution is 2.29. The van der Waals surface area contributed by atoms with Crippen LogP contribution in [0.25, 0.3) is 10.8 Å². The van der Waals surface area contributed by atoms with Crippen molar-refractivity contribution in [3.05, 3.63) is 81.8 Å². The van der Waals surface area contributed by atoms with Gasteiger partial charge < -0.3 is 5.11 Å². The molecular formula is C18H14Cl2O. The summed E-state index contributed by atoms with van der Waals surface area (Å²) in [6, 6.07) is 19.6. The Balaban J connectivity index is 1.92. The number of aliphatic hydroxyl groups is 1. The molecule has 0 radical (unpaired) electrons. The monoisotopic (exact) mass is 316 g/mol. The molecule has 0 aliphatic carbocycles. The highest BCUT2D eigenvalue weighted by Gasteiger charge is 2.12. The van der Waals surface area contributed by atoms with Crippen LogP contribution in [0.2, 0.25) is 10.0 Å². The molecule has 1 unspecified atom stereocenters. The summed E-state index contributed by atoms with van der Waals surface area (Å²) >= 11 is 11.9. The van der Waals surface area contributed by atoms with Gasteiger partial charge in [0, 0.05) is 6.42 Å². The molecule has 0 aliphatic heterocycles. The van der Waals surface area contributed by atoms with Crippen molar-refractivity contribution >= 4 is 34.0 Å². The van der Waals surface area contributed by atoms with E-state index < -0.39 is 6.10 Å². The maximum atomic E-state index is 10.4. The summed E-state index contributed by atoms with van der Waals surface area (Å²) < 4.78 is 0. The molecule has 21 heavy (non-hydrogen) atoms. The Kier molecular flexibility index (Phi) is 4.16. The minimum Gasteiger partial charge on any atom is -0.388 e. The number of benzene rings is 3. The number of rotatable bonds is 3. The van der Waals surface area contributed by atoms with Crippen LogP contribution in [0.4, 0.5) is 0 Å². The maximum absolute atomic E-state index is 10.4. The van der Waals surface area contributed by atoms with Gasteiger partial charge in [0.25, 0.3) is 0 Å². The van der Waals surface area contributed by atoms with Gasteiger partial charge in [-0.3, -0.25) is 0 Å². The van der Waals surface area contributed by atoms with Crippen LogP contribution in [-0.4, -0.2) is 5.11 Å². The molecule has 0 spiro atoms. The van der Waals surface area contributed by atoms with Crippen molar-refractivity contribution in [1.29, 1.82) is 0 Å². The van der Waals surface area contributed by atoms with Gasteiger partial charge in [-0.15, -0.1) is 0 Å². The van der Waals surface area contributed by atoms with E-state index in [9.17, 15) is 5.11 Å². The summed E-state index contributed by atoms with van der Waals surface area (Å²) in [6.07, 6.45) is -0.0650. The molecular weight excluding hydrogens is 303 g/mol. The van der Waals surface area contributed by atoms with Crippen LogP contribution in [0.1, 0.15) is 17.2 Å².